The highest BCUT2D eigenvalue weighted by Gasteiger charge is 2.19. The quantitative estimate of drug-likeness (QED) is 0.858. The van der Waals surface area contributed by atoms with E-state index in [0.29, 0.717) is 6.54 Å². The molecule has 0 amide bonds. The predicted molar refractivity (Wildman–Crippen MR) is 86.1 cm³/mol. The van der Waals surface area contributed by atoms with Crippen LogP contribution < -0.4 is 5.56 Å². The summed E-state index contributed by atoms with van der Waals surface area (Å²) in [6.07, 6.45) is 5.63. The van der Waals surface area contributed by atoms with Crippen molar-refractivity contribution in [3.63, 3.8) is 0 Å². The predicted octanol–water partition coefficient (Wildman–Crippen LogP) is 1.66. The third-order valence-electron chi connectivity index (χ3n) is 4.16. The second-order valence-electron chi connectivity index (χ2n) is 5.82. The first kappa shape index (κ1) is 15.5. The zero-order valence-corrected chi connectivity index (χ0v) is 13.6. The Balaban J connectivity index is 1.98. The van der Waals surface area contributed by atoms with Crippen LogP contribution in [0.3, 0.4) is 0 Å². The molecule has 23 heavy (non-hydrogen) atoms. The maximum absolute atomic E-state index is 12.4. The monoisotopic (exact) mass is 328 g/mol. The van der Waals surface area contributed by atoms with Crippen LogP contribution in [0.25, 0.3) is 0 Å². The van der Waals surface area contributed by atoms with Crippen LogP contribution in [-0.2, 0) is 29.2 Å². The molecule has 0 spiro atoms. The number of aromatic nitrogens is 1. The number of hydrogen-bond acceptors (Lipinski definition) is 4. The number of nitriles is 1. The molecule has 1 aromatic carbocycles. The van der Waals surface area contributed by atoms with Gasteiger partial charge in [-0.3, -0.25) is 4.79 Å². The van der Waals surface area contributed by atoms with Crippen LogP contribution in [0.5, 0.6) is 0 Å². The van der Waals surface area contributed by atoms with E-state index in [0.717, 1.165) is 42.2 Å². The first-order valence-electron chi connectivity index (χ1n) is 7.34. The first-order chi connectivity index (χ1) is 10.9. The minimum absolute atomic E-state index is 0.243. The third-order valence-corrected chi connectivity index (χ3v) is 5.29. The smallest absolute Gasteiger partial charge is 0.269 e. The van der Waals surface area contributed by atoms with E-state index in [1.54, 1.807) is 12.1 Å². The Kier molecular flexibility index (Phi) is 3.82. The van der Waals surface area contributed by atoms with Crippen molar-refractivity contribution in [1.29, 1.82) is 5.26 Å². The largest absolute Gasteiger partial charge is 0.310 e. The summed E-state index contributed by atoms with van der Waals surface area (Å²) in [5.41, 5.74) is 2.74. The Labute approximate surface area is 134 Å². The van der Waals surface area contributed by atoms with Gasteiger partial charge in [0.2, 0.25) is 0 Å². The van der Waals surface area contributed by atoms with E-state index in [2.05, 4.69) is 0 Å². The van der Waals surface area contributed by atoms with Gasteiger partial charge in [-0.1, -0.05) is 12.1 Å². The highest BCUT2D eigenvalue weighted by Crippen LogP contribution is 2.23. The zero-order valence-electron chi connectivity index (χ0n) is 12.7. The molecule has 3 rings (SSSR count). The maximum Gasteiger partial charge on any atom is 0.269 e. The second kappa shape index (κ2) is 5.67. The summed E-state index contributed by atoms with van der Waals surface area (Å²) in [4.78, 5) is 12.7. The van der Waals surface area contributed by atoms with Gasteiger partial charge in [-0.15, -0.1) is 0 Å². The highest BCUT2D eigenvalue weighted by atomic mass is 32.2. The van der Waals surface area contributed by atoms with Gasteiger partial charge in [0.15, 0.2) is 9.84 Å². The zero-order chi connectivity index (χ0) is 16.6. The van der Waals surface area contributed by atoms with E-state index >= 15 is 0 Å². The van der Waals surface area contributed by atoms with Crippen LogP contribution in [0.15, 0.2) is 40.2 Å². The van der Waals surface area contributed by atoms with Crippen molar-refractivity contribution in [1.82, 2.24) is 4.57 Å². The van der Waals surface area contributed by atoms with Gasteiger partial charge in [0.1, 0.15) is 11.6 Å². The third kappa shape index (κ3) is 2.92. The standard InChI is InChI=1S/C17H16N2O3S/c1-23(21,22)14-7-5-12(6-8-14)10-19-11-13-3-2-4-15(13)16(9-18)17(19)20/h5-8,11H,2-4,10H2,1H3. The Morgan fingerprint density at radius 2 is 1.91 bits per heavy atom. The van der Waals surface area contributed by atoms with Gasteiger partial charge in [-0.2, -0.15) is 5.26 Å². The van der Waals surface area contributed by atoms with E-state index in [1.807, 2.05) is 12.3 Å². The molecule has 0 unspecified atom stereocenters. The molecule has 1 aliphatic carbocycles. The average Bonchev–Trinajstić information content (AvgIpc) is 2.95. The number of fused-ring (bicyclic) bond motifs is 1. The molecule has 0 atom stereocenters. The van der Waals surface area contributed by atoms with Crippen LogP contribution in [-0.4, -0.2) is 19.2 Å². The lowest BCUT2D eigenvalue weighted by Gasteiger charge is -2.10. The Morgan fingerprint density at radius 1 is 1.22 bits per heavy atom. The van der Waals surface area contributed by atoms with Crippen LogP contribution in [0, 0.1) is 11.3 Å². The van der Waals surface area contributed by atoms with Gasteiger partial charge in [0.25, 0.3) is 5.56 Å². The average molecular weight is 328 g/mol. The van der Waals surface area contributed by atoms with Crippen molar-refractivity contribution in [2.45, 2.75) is 30.7 Å². The van der Waals surface area contributed by atoms with Crippen molar-refractivity contribution < 1.29 is 8.42 Å². The SMILES string of the molecule is CS(=O)(=O)c1ccc(Cn2cc3c(c(C#N)c2=O)CCC3)cc1. The number of rotatable bonds is 3. The lowest BCUT2D eigenvalue weighted by atomic mass is 10.1. The summed E-state index contributed by atoms with van der Waals surface area (Å²) >= 11 is 0. The highest BCUT2D eigenvalue weighted by molar-refractivity contribution is 7.90. The van der Waals surface area contributed by atoms with Gasteiger partial charge < -0.3 is 4.57 Å². The number of hydrogen-bond donors (Lipinski definition) is 0. The fraction of sp³-hybridized carbons (Fsp3) is 0.294. The van der Waals surface area contributed by atoms with E-state index in [4.69, 9.17) is 0 Å². The van der Waals surface area contributed by atoms with Crippen LogP contribution in [0.2, 0.25) is 0 Å². The van der Waals surface area contributed by atoms with E-state index in [9.17, 15) is 18.5 Å². The molecular formula is C17H16N2O3S. The second-order valence-corrected chi connectivity index (χ2v) is 7.84. The molecule has 0 saturated carbocycles. The molecule has 0 radical (unpaired) electrons. The van der Waals surface area contributed by atoms with Gasteiger partial charge in [0.05, 0.1) is 11.4 Å². The number of sulfone groups is 1. The number of aryl methyl sites for hydroxylation is 1. The molecule has 6 heteroatoms. The molecule has 1 aromatic heterocycles. The summed E-state index contributed by atoms with van der Waals surface area (Å²) in [5, 5.41) is 9.27. The summed E-state index contributed by atoms with van der Waals surface area (Å²) < 4.78 is 24.5. The molecule has 0 bridgehead atoms. The summed E-state index contributed by atoms with van der Waals surface area (Å²) in [6, 6.07) is 8.50. The Morgan fingerprint density at radius 3 is 2.52 bits per heavy atom. The topological polar surface area (TPSA) is 79.9 Å². The van der Waals surface area contributed by atoms with Crippen molar-refractivity contribution in [3.8, 4) is 6.07 Å². The van der Waals surface area contributed by atoms with Crippen molar-refractivity contribution in [3.05, 3.63) is 63.1 Å². The number of nitrogens with zero attached hydrogens (tertiary/aromatic N) is 2. The molecule has 0 saturated heterocycles. The molecule has 1 heterocycles. The van der Waals surface area contributed by atoms with E-state index in [1.165, 1.54) is 16.7 Å². The molecule has 0 aliphatic heterocycles. The molecular weight excluding hydrogens is 312 g/mol. The molecule has 2 aromatic rings. The van der Waals surface area contributed by atoms with Crippen molar-refractivity contribution in [2.24, 2.45) is 0 Å². The Hall–Kier alpha value is -2.39. The van der Waals surface area contributed by atoms with Gasteiger partial charge >= 0.3 is 0 Å². The normalized spacial score (nSPS) is 13.6. The van der Waals surface area contributed by atoms with Gasteiger partial charge in [0, 0.05) is 12.5 Å². The van der Waals surface area contributed by atoms with Crippen molar-refractivity contribution >= 4 is 9.84 Å². The summed E-state index contributed by atoms with van der Waals surface area (Å²) in [5.74, 6) is 0. The number of benzene rings is 1. The summed E-state index contributed by atoms with van der Waals surface area (Å²) in [7, 11) is -3.23. The molecule has 0 fully saturated rings. The fourth-order valence-electron chi connectivity index (χ4n) is 2.99. The molecule has 118 valence electrons. The first-order valence-corrected chi connectivity index (χ1v) is 9.23. The number of pyridine rings is 1. The summed E-state index contributed by atoms with van der Waals surface area (Å²) in [6.45, 7) is 0.324. The minimum Gasteiger partial charge on any atom is -0.310 e. The van der Waals surface area contributed by atoms with Crippen molar-refractivity contribution in [2.75, 3.05) is 6.26 Å². The minimum atomic E-state index is -3.23. The van der Waals surface area contributed by atoms with E-state index < -0.39 is 9.84 Å². The van der Waals surface area contributed by atoms with Crippen LogP contribution in [0.1, 0.15) is 28.7 Å². The van der Waals surface area contributed by atoms with E-state index in [-0.39, 0.29) is 16.0 Å². The molecule has 5 nitrogen and oxygen atoms in total. The Bertz CT molecular complexity index is 965. The van der Waals surface area contributed by atoms with Crippen LogP contribution in [0.4, 0.5) is 0 Å². The van der Waals surface area contributed by atoms with Crippen LogP contribution >= 0.6 is 0 Å². The van der Waals surface area contributed by atoms with Gasteiger partial charge in [-0.05, 0) is 48.1 Å². The van der Waals surface area contributed by atoms with Gasteiger partial charge in [-0.25, -0.2) is 8.42 Å². The molecule has 0 N–H and O–H groups in total. The molecule has 1 aliphatic rings. The fourth-order valence-corrected chi connectivity index (χ4v) is 3.62. The lowest BCUT2D eigenvalue weighted by molar-refractivity contribution is 0.602. The lowest BCUT2D eigenvalue weighted by Crippen LogP contribution is -2.24. The maximum atomic E-state index is 12.4.